The third-order valence-electron chi connectivity index (χ3n) is 5.39. The zero-order valence-corrected chi connectivity index (χ0v) is 17.0. The summed E-state index contributed by atoms with van der Waals surface area (Å²) >= 11 is 0. The standard InChI is InChI=1S/C22H27N5O2/c1-3-28-21-15-23-25-20-6-5-18(14-19(20)21)29-13-10-17-8-11-27(12-9-17)22-7-4-16(2)24-26-22/h4-7,14-15,17H,3,8-13H2,1-2H3. The molecular weight excluding hydrogens is 366 g/mol. The van der Waals surface area contributed by atoms with Crippen LogP contribution in [0.3, 0.4) is 0 Å². The SMILES string of the molecule is CCOc1cnnc2ccc(OCCC3CCN(c4ccc(C)nn4)CC3)cc12. The molecule has 1 aliphatic rings. The largest absolute Gasteiger partial charge is 0.494 e. The molecule has 2 aromatic heterocycles. The second-order valence-corrected chi connectivity index (χ2v) is 7.42. The molecule has 3 aromatic rings. The summed E-state index contributed by atoms with van der Waals surface area (Å²) in [6, 6.07) is 9.96. The van der Waals surface area contributed by atoms with Crippen LogP contribution in [0, 0.1) is 12.8 Å². The zero-order valence-electron chi connectivity index (χ0n) is 17.0. The first-order valence-corrected chi connectivity index (χ1v) is 10.3. The molecule has 7 heteroatoms. The Bertz CT molecular complexity index is 940. The molecule has 0 unspecified atom stereocenters. The average molecular weight is 393 g/mol. The minimum absolute atomic E-state index is 0.596. The van der Waals surface area contributed by atoms with Crippen molar-refractivity contribution in [1.29, 1.82) is 0 Å². The second kappa shape index (κ2) is 9.03. The Morgan fingerprint density at radius 1 is 1.03 bits per heavy atom. The molecule has 0 radical (unpaired) electrons. The van der Waals surface area contributed by atoms with Crippen LogP contribution in [0.25, 0.3) is 10.9 Å². The van der Waals surface area contributed by atoms with Crippen molar-refractivity contribution < 1.29 is 9.47 Å². The van der Waals surface area contributed by atoms with Crippen molar-refractivity contribution in [2.45, 2.75) is 33.1 Å². The molecule has 1 saturated heterocycles. The number of aromatic nitrogens is 4. The monoisotopic (exact) mass is 393 g/mol. The Kier molecular flexibility index (Phi) is 6.03. The van der Waals surface area contributed by atoms with Crippen LogP contribution in [-0.2, 0) is 0 Å². The smallest absolute Gasteiger partial charge is 0.151 e. The fourth-order valence-corrected chi connectivity index (χ4v) is 3.73. The molecule has 0 saturated carbocycles. The molecule has 0 atom stereocenters. The highest BCUT2D eigenvalue weighted by Gasteiger charge is 2.20. The predicted octanol–water partition coefficient (Wildman–Crippen LogP) is 3.81. The first-order chi connectivity index (χ1) is 14.2. The van der Waals surface area contributed by atoms with Crippen molar-refractivity contribution in [2.24, 2.45) is 5.92 Å². The van der Waals surface area contributed by atoms with Gasteiger partial charge in [0.2, 0.25) is 0 Å². The van der Waals surface area contributed by atoms with Crippen LogP contribution in [-0.4, -0.2) is 46.7 Å². The van der Waals surface area contributed by atoms with E-state index in [2.05, 4.69) is 31.4 Å². The number of benzene rings is 1. The quantitative estimate of drug-likeness (QED) is 0.604. The van der Waals surface area contributed by atoms with E-state index in [1.807, 2.05) is 38.1 Å². The van der Waals surface area contributed by atoms with Crippen LogP contribution < -0.4 is 14.4 Å². The normalized spacial score (nSPS) is 14.9. The van der Waals surface area contributed by atoms with Gasteiger partial charge < -0.3 is 14.4 Å². The lowest BCUT2D eigenvalue weighted by molar-refractivity contribution is 0.258. The molecule has 152 valence electrons. The number of aryl methyl sites for hydroxylation is 1. The maximum absolute atomic E-state index is 6.03. The van der Waals surface area contributed by atoms with E-state index in [1.54, 1.807) is 6.20 Å². The van der Waals surface area contributed by atoms with Crippen LogP contribution in [0.1, 0.15) is 31.9 Å². The van der Waals surface area contributed by atoms with Crippen LogP contribution >= 0.6 is 0 Å². The lowest BCUT2D eigenvalue weighted by Gasteiger charge is -2.32. The van der Waals surface area contributed by atoms with Gasteiger partial charge in [-0.3, -0.25) is 0 Å². The Hall–Kier alpha value is -2.96. The van der Waals surface area contributed by atoms with Gasteiger partial charge in [-0.2, -0.15) is 15.3 Å². The predicted molar refractivity (Wildman–Crippen MR) is 113 cm³/mol. The van der Waals surface area contributed by atoms with Crippen molar-refractivity contribution in [3.05, 3.63) is 42.2 Å². The number of ether oxygens (including phenoxy) is 2. The fraction of sp³-hybridized carbons (Fsp3) is 0.455. The van der Waals surface area contributed by atoms with Crippen LogP contribution in [0.2, 0.25) is 0 Å². The number of anilines is 1. The van der Waals surface area contributed by atoms with Gasteiger partial charge in [0.25, 0.3) is 0 Å². The summed E-state index contributed by atoms with van der Waals surface area (Å²) in [5, 5.41) is 17.6. The van der Waals surface area contributed by atoms with E-state index in [9.17, 15) is 0 Å². The number of hydrogen-bond acceptors (Lipinski definition) is 7. The van der Waals surface area contributed by atoms with E-state index in [0.29, 0.717) is 19.1 Å². The molecule has 1 fully saturated rings. The van der Waals surface area contributed by atoms with Crippen molar-refractivity contribution >= 4 is 16.7 Å². The molecule has 0 amide bonds. The van der Waals surface area contributed by atoms with Crippen molar-refractivity contribution in [1.82, 2.24) is 20.4 Å². The lowest BCUT2D eigenvalue weighted by Crippen LogP contribution is -2.34. The van der Waals surface area contributed by atoms with Gasteiger partial charge >= 0.3 is 0 Å². The van der Waals surface area contributed by atoms with Gasteiger partial charge in [-0.1, -0.05) is 0 Å². The van der Waals surface area contributed by atoms with Crippen LogP contribution in [0.4, 0.5) is 5.82 Å². The Morgan fingerprint density at radius 2 is 1.90 bits per heavy atom. The molecule has 29 heavy (non-hydrogen) atoms. The Morgan fingerprint density at radius 3 is 2.66 bits per heavy atom. The van der Waals surface area contributed by atoms with Gasteiger partial charge in [0, 0.05) is 18.5 Å². The molecule has 3 heterocycles. The zero-order chi connectivity index (χ0) is 20.1. The molecule has 4 rings (SSSR count). The van der Waals surface area contributed by atoms with Crippen LogP contribution in [0.15, 0.2) is 36.5 Å². The molecule has 0 aliphatic carbocycles. The topological polar surface area (TPSA) is 73.3 Å². The number of hydrogen-bond donors (Lipinski definition) is 0. The summed E-state index contributed by atoms with van der Waals surface area (Å²) in [5.74, 6) is 3.25. The summed E-state index contributed by atoms with van der Waals surface area (Å²) in [4.78, 5) is 2.32. The van der Waals surface area contributed by atoms with Gasteiger partial charge in [0.05, 0.1) is 30.6 Å². The molecule has 0 N–H and O–H groups in total. The third-order valence-corrected chi connectivity index (χ3v) is 5.39. The lowest BCUT2D eigenvalue weighted by atomic mass is 9.94. The van der Waals surface area contributed by atoms with Gasteiger partial charge in [-0.05, 0) is 69.4 Å². The molecule has 1 aromatic carbocycles. The highest BCUT2D eigenvalue weighted by atomic mass is 16.5. The Balaban J connectivity index is 1.28. The summed E-state index contributed by atoms with van der Waals surface area (Å²) < 4.78 is 11.7. The molecule has 7 nitrogen and oxygen atoms in total. The average Bonchev–Trinajstić information content (AvgIpc) is 2.75. The Labute approximate surface area is 171 Å². The van der Waals surface area contributed by atoms with E-state index < -0.39 is 0 Å². The maximum atomic E-state index is 6.03. The summed E-state index contributed by atoms with van der Waals surface area (Å²) in [6.07, 6.45) is 5.02. The van der Waals surface area contributed by atoms with Crippen molar-refractivity contribution in [3.63, 3.8) is 0 Å². The van der Waals surface area contributed by atoms with E-state index in [-0.39, 0.29) is 0 Å². The minimum atomic E-state index is 0.596. The summed E-state index contributed by atoms with van der Waals surface area (Å²) in [7, 11) is 0. The van der Waals surface area contributed by atoms with Crippen molar-refractivity contribution in [2.75, 3.05) is 31.2 Å². The first-order valence-electron chi connectivity index (χ1n) is 10.3. The van der Waals surface area contributed by atoms with Gasteiger partial charge in [0.15, 0.2) is 5.82 Å². The second-order valence-electron chi connectivity index (χ2n) is 7.42. The maximum Gasteiger partial charge on any atom is 0.151 e. The number of rotatable bonds is 7. The number of nitrogens with zero attached hydrogens (tertiary/aromatic N) is 5. The number of piperidine rings is 1. The molecule has 1 aliphatic heterocycles. The minimum Gasteiger partial charge on any atom is -0.494 e. The van der Waals surface area contributed by atoms with E-state index in [1.165, 1.54) is 0 Å². The molecule has 0 spiro atoms. The summed E-state index contributed by atoms with van der Waals surface area (Å²) in [6.45, 7) is 7.28. The van der Waals surface area contributed by atoms with Gasteiger partial charge in [0.1, 0.15) is 11.5 Å². The van der Waals surface area contributed by atoms with Gasteiger partial charge in [-0.25, -0.2) is 0 Å². The highest BCUT2D eigenvalue weighted by Crippen LogP contribution is 2.28. The summed E-state index contributed by atoms with van der Waals surface area (Å²) in [5.41, 5.74) is 1.77. The fourth-order valence-electron chi connectivity index (χ4n) is 3.73. The van der Waals surface area contributed by atoms with Crippen molar-refractivity contribution in [3.8, 4) is 11.5 Å². The van der Waals surface area contributed by atoms with Gasteiger partial charge in [-0.15, -0.1) is 5.10 Å². The van der Waals surface area contributed by atoms with E-state index in [0.717, 1.165) is 66.3 Å². The molecule has 0 bridgehead atoms. The van der Waals surface area contributed by atoms with Crippen LogP contribution in [0.5, 0.6) is 11.5 Å². The third kappa shape index (κ3) is 4.72. The first kappa shape index (κ1) is 19.4. The molecular formula is C22H27N5O2. The highest BCUT2D eigenvalue weighted by molar-refractivity contribution is 5.85. The number of fused-ring (bicyclic) bond motifs is 1. The van der Waals surface area contributed by atoms with E-state index in [4.69, 9.17) is 9.47 Å². The van der Waals surface area contributed by atoms with E-state index >= 15 is 0 Å².